The maximum absolute atomic E-state index is 14.4. The average molecular weight is 491 g/mol. The van der Waals surface area contributed by atoms with Gasteiger partial charge >= 0.3 is 5.97 Å². The summed E-state index contributed by atoms with van der Waals surface area (Å²) in [6, 6.07) is -1.28. The molecule has 2 bridgehead atoms. The predicted molar refractivity (Wildman–Crippen MR) is 130 cm³/mol. The van der Waals surface area contributed by atoms with E-state index in [2.05, 4.69) is 6.58 Å². The van der Waals surface area contributed by atoms with Gasteiger partial charge in [-0.1, -0.05) is 39.2 Å². The molecule has 4 rings (SSSR count). The lowest BCUT2D eigenvalue weighted by molar-refractivity contribution is -0.157. The summed E-state index contributed by atoms with van der Waals surface area (Å²) >= 11 is 0. The van der Waals surface area contributed by atoms with E-state index in [1.54, 1.807) is 17.9 Å². The quantitative estimate of drug-likeness (QED) is 0.374. The highest BCUT2D eigenvalue weighted by atomic mass is 16.6. The van der Waals surface area contributed by atoms with E-state index >= 15 is 0 Å². The first-order valence-corrected chi connectivity index (χ1v) is 13.5. The minimum absolute atomic E-state index is 0.0961. The monoisotopic (exact) mass is 490 g/mol. The van der Waals surface area contributed by atoms with E-state index in [-0.39, 0.29) is 37.0 Å². The molecule has 6 atom stereocenters. The summed E-state index contributed by atoms with van der Waals surface area (Å²) in [6.07, 6.45) is 8.23. The number of carbonyl (C=O) groups is 3. The van der Waals surface area contributed by atoms with Crippen LogP contribution in [-0.2, 0) is 23.9 Å². The fraction of sp³-hybridized carbons (Fsp3) is 0.815. The molecule has 1 spiro atoms. The van der Waals surface area contributed by atoms with Crippen molar-refractivity contribution >= 4 is 17.8 Å². The number of fused-ring (bicyclic) bond motifs is 1. The third-order valence-electron chi connectivity index (χ3n) is 8.50. The number of esters is 1. The van der Waals surface area contributed by atoms with Gasteiger partial charge in [-0.2, -0.15) is 0 Å². The normalized spacial score (nSPS) is 33.2. The van der Waals surface area contributed by atoms with Gasteiger partial charge in [0.1, 0.15) is 11.6 Å². The van der Waals surface area contributed by atoms with Gasteiger partial charge < -0.3 is 24.4 Å². The van der Waals surface area contributed by atoms with Crippen LogP contribution in [0.5, 0.6) is 0 Å². The number of aliphatic hydroxyl groups is 1. The minimum atomic E-state index is -1.06. The number of carbonyl (C=O) groups excluding carboxylic acids is 3. The summed E-state index contributed by atoms with van der Waals surface area (Å²) in [5.74, 6) is -2.07. The molecule has 0 aromatic rings. The minimum Gasteiger partial charge on any atom is -0.466 e. The van der Waals surface area contributed by atoms with E-state index < -0.39 is 41.6 Å². The molecule has 0 aromatic carbocycles. The Morgan fingerprint density at radius 2 is 2.00 bits per heavy atom. The molecular weight excluding hydrogens is 448 g/mol. The molecule has 35 heavy (non-hydrogen) atoms. The molecule has 1 aliphatic carbocycles. The zero-order chi connectivity index (χ0) is 25.3. The molecule has 1 saturated carbocycles. The number of nitrogens with zero attached hydrogens (tertiary/aromatic N) is 2. The molecule has 8 heteroatoms. The Balaban J connectivity index is 1.76. The van der Waals surface area contributed by atoms with Crippen LogP contribution in [-0.4, -0.2) is 82.3 Å². The van der Waals surface area contributed by atoms with E-state index in [1.165, 1.54) is 6.42 Å². The third-order valence-corrected chi connectivity index (χ3v) is 8.50. The zero-order valence-corrected chi connectivity index (χ0v) is 21.5. The molecule has 3 aliphatic heterocycles. The van der Waals surface area contributed by atoms with Gasteiger partial charge in [0.05, 0.1) is 37.2 Å². The van der Waals surface area contributed by atoms with Crippen molar-refractivity contribution in [2.24, 2.45) is 17.8 Å². The average Bonchev–Trinajstić information content (AvgIpc) is 3.48. The first-order chi connectivity index (χ1) is 16.8. The van der Waals surface area contributed by atoms with E-state index in [0.717, 1.165) is 25.7 Å². The molecule has 0 radical (unpaired) electrons. The SMILES string of the molecule is C=CCN(C(=O)[C@H]1N([C@@H](CO)CC(C)C)C(=O)[C@@H]2[C@@H](C(=O)OCC)[C@H]3CC[C@]21O3)C1CCCCC1. The van der Waals surface area contributed by atoms with Crippen LogP contribution in [0.15, 0.2) is 12.7 Å². The molecule has 8 nitrogen and oxygen atoms in total. The van der Waals surface area contributed by atoms with Crippen molar-refractivity contribution < 1.29 is 29.0 Å². The molecule has 4 fully saturated rings. The fourth-order valence-corrected chi connectivity index (χ4v) is 7.20. The van der Waals surface area contributed by atoms with Crippen LogP contribution in [0.25, 0.3) is 0 Å². The standard InChI is InChI=1S/C27H42N2O6/c1-5-14-28(18-10-8-7-9-11-18)25(32)23-27-13-12-20(35-27)21(26(33)34-6-2)22(27)24(31)29(23)19(16-30)15-17(3)4/h5,17-23,30H,1,6-16H2,2-4H3/t19-,20-,21+,22+,23-,27+/m1/s1. The van der Waals surface area contributed by atoms with Gasteiger partial charge in [-0.25, -0.2) is 0 Å². The maximum atomic E-state index is 14.4. The van der Waals surface area contributed by atoms with Crippen molar-refractivity contribution in [1.29, 1.82) is 0 Å². The van der Waals surface area contributed by atoms with Crippen LogP contribution in [0.3, 0.4) is 0 Å². The summed E-state index contributed by atoms with van der Waals surface area (Å²) in [6.45, 7) is 10.1. The molecule has 0 unspecified atom stereocenters. The summed E-state index contributed by atoms with van der Waals surface area (Å²) in [4.78, 5) is 45.0. The van der Waals surface area contributed by atoms with E-state index in [9.17, 15) is 19.5 Å². The Morgan fingerprint density at radius 3 is 2.60 bits per heavy atom. The number of hydrogen-bond donors (Lipinski definition) is 1. The van der Waals surface area contributed by atoms with Gasteiger partial charge in [-0.3, -0.25) is 14.4 Å². The lowest BCUT2D eigenvalue weighted by atomic mass is 9.70. The molecule has 3 heterocycles. The Kier molecular flexibility index (Phi) is 7.91. The van der Waals surface area contributed by atoms with Gasteiger partial charge in [0.25, 0.3) is 0 Å². The van der Waals surface area contributed by atoms with Crippen LogP contribution < -0.4 is 0 Å². The summed E-state index contributed by atoms with van der Waals surface area (Å²) < 4.78 is 11.8. The van der Waals surface area contributed by atoms with Crippen molar-refractivity contribution in [2.75, 3.05) is 19.8 Å². The number of hydrogen-bond acceptors (Lipinski definition) is 6. The van der Waals surface area contributed by atoms with Gasteiger partial charge in [-0.05, 0) is 44.9 Å². The summed E-state index contributed by atoms with van der Waals surface area (Å²) in [5, 5.41) is 10.4. The first-order valence-electron chi connectivity index (χ1n) is 13.5. The van der Waals surface area contributed by atoms with Crippen molar-refractivity contribution in [2.45, 2.75) is 102 Å². The van der Waals surface area contributed by atoms with Gasteiger partial charge in [-0.15, -0.1) is 6.58 Å². The predicted octanol–water partition coefficient (Wildman–Crippen LogP) is 2.68. The van der Waals surface area contributed by atoms with Crippen molar-refractivity contribution in [3.8, 4) is 0 Å². The molecule has 2 amide bonds. The van der Waals surface area contributed by atoms with Crippen molar-refractivity contribution in [3.63, 3.8) is 0 Å². The maximum Gasteiger partial charge on any atom is 0.312 e. The lowest BCUT2D eigenvalue weighted by Crippen LogP contribution is -2.60. The number of likely N-dealkylation sites (tertiary alicyclic amines) is 1. The Bertz CT molecular complexity index is 824. The van der Waals surface area contributed by atoms with E-state index in [0.29, 0.717) is 25.8 Å². The topological polar surface area (TPSA) is 96.4 Å². The van der Waals surface area contributed by atoms with Crippen molar-refractivity contribution in [3.05, 3.63) is 12.7 Å². The molecule has 196 valence electrons. The van der Waals surface area contributed by atoms with E-state index in [4.69, 9.17) is 9.47 Å². The largest absolute Gasteiger partial charge is 0.466 e. The Hall–Kier alpha value is -1.93. The second-order valence-corrected chi connectivity index (χ2v) is 11.1. The number of ether oxygens (including phenoxy) is 2. The van der Waals surface area contributed by atoms with Gasteiger partial charge in [0, 0.05) is 12.6 Å². The summed E-state index contributed by atoms with van der Waals surface area (Å²) in [7, 11) is 0. The second-order valence-electron chi connectivity index (χ2n) is 11.1. The summed E-state index contributed by atoms with van der Waals surface area (Å²) in [5.41, 5.74) is -1.06. The van der Waals surface area contributed by atoms with Crippen LogP contribution in [0, 0.1) is 17.8 Å². The van der Waals surface area contributed by atoms with E-state index in [1.807, 2.05) is 18.7 Å². The molecule has 0 aromatic heterocycles. The molecule has 1 N–H and O–H groups in total. The Morgan fingerprint density at radius 1 is 1.29 bits per heavy atom. The highest BCUT2D eigenvalue weighted by molar-refractivity contribution is 5.98. The van der Waals surface area contributed by atoms with Gasteiger partial charge in [0.15, 0.2) is 0 Å². The van der Waals surface area contributed by atoms with Crippen LogP contribution in [0.4, 0.5) is 0 Å². The zero-order valence-electron chi connectivity index (χ0n) is 21.5. The van der Waals surface area contributed by atoms with Crippen LogP contribution in [0.1, 0.15) is 72.1 Å². The second kappa shape index (κ2) is 10.6. The number of rotatable bonds is 10. The molecule has 3 saturated heterocycles. The lowest BCUT2D eigenvalue weighted by Gasteiger charge is -2.42. The smallest absolute Gasteiger partial charge is 0.312 e. The highest BCUT2D eigenvalue weighted by Gasteiger charge is 2.75. The third kappa shape index (κ3) is 4.41. The number of amides is 2. The first kappa shape index (κ1) is 26.1. The fourth-order valence-electron chi connectivity index (χ4n) is 7.20. The Labute approximate surface area is 209 Å². The highest BCUT2D eigenvalue weighted by Crippen LogP contribution is 2.59. The number of aliphatic hydroxyl groups excluding tert-OH is 1. The molecular formula is C27H42N2O6. The van der Waals surface area contributed by atoms with Gasteiger partial charge in [0.2, 0.25) is 11.8 Å². The van der Waals surface area contributed by atoms with Crippen LogP contribution >= 0.6 is 0 Å². The van der Waals surface area contributed by atoms with Crippen molar-refractivity contribution in [1.82, 2.24) is 9.80 Å². The van der Waals surface area contributed by atoms with Crippen LogP contribution in [0.2, 0.25) is 0 Å². The molecule has 4 aliphatic rings.